The number of hydrogen-bond donors (Lipinski definition) is 0. The summed E-state index contributed by atoms with van der Waals surface area (Å²) in [6, 6.07) is 0. The third kappa shape index (κ3) is 53.8. The first kappa shape index (κ1) is 64.8. The van der Waals surface area contributed by atoms with E-state index in [1.165, 1.54) is 135 Å². The smallest absolute Gasteiger partial charge is 0.306 e. The summed E-state index contributed by atoms with van der Waals surface area (Å²) in [5, 5.41) is 0. The van der Waals surface area contributed by atoms with E-state index in [1.807, 2.05) is 0 Å². The Morgan fingerprint density at radius 3 is 0.926 bits per heavy atom. The number of allylic oxidation sites excluding steroid dienone is 12. The van der Waals surface area contributed by atoms with Gasteiger partial charge in [-0.1, -0.05) is 229 Å². The summed E-state index contributed by atoms with van der Waals surface area (Å²) < 4.78 is 16.9. The van der Waals surface area contributed by atoms with Crippen LogP contribution in [0.15, 0.2) is 72.9 Å². The normalized spacial score (nSPS) is 12.6. The highest BCUT2D eigenvalue weighted by Crippen LogP contribution is 2.15. The van der Waals surface area contributed by atoms with Crippen LogP contribution in [0, 0.1) is 0 Å². The minimum atomic E-state index is -0.789. The van der Waals surface area contributed by atoms with E-state index in [2.05, 4.69) is 93.7 Å². The first-order chi connectivity index (χ1) is 33.5. The molecule has 0 saturated heterocycles. The predicted octanol–water partition coefficient (Wildman–Crippen LogP) is 19.4. The largest absolute Gasteiger partial charge is 0.462 e. The average molecular weight is 950 g/mol. The highest BCUT2D eigenvalue weighted by atomic mass is 16.6. The minimum absolute atomic E-state index is 0.0864. The molecule has 68 heavy (non-hydrogen) atoms. The maximum Gasteiger partial charge on any atom is 0.306 e. The van der Waals surface area contributed by atoms with Gasteiger partial charge in [0.05, 0.1) is 0 Å². The number of esters is 3. The summed E-state index contributed by atoms with van der Waals surface area (Å²) in [6.07, 6.45) is 71.7. The van der Waals surface area contributed by atoms with Gasteiger partial charge in [-0.2, -0.15) is 0 Å². The van der Waals surface area contributed by atoms with E-state index in [1.54, 1.807) is 0 Å². The lowest BCUT2D eigenvalue weighted by Crippen LogP contribution is -2.30. The van der Waals surface area contributed by atoms with Gasteiger partial charge < -0.3 is 14.2 Å². The molecular formula is C62H108O6. The Hall–Kier alpha value is -3.15. The van der Waals surface area contributed by atoms with Gasteiger partial charge in [0.15, 0.2) is 6.10 Å². The molecule has 0 radical (unpaired) electrons. The lowest BCUT2D eigenvalue weighted by atomic mass is 10.1. The lowest BCUT2D eigenvalue weighted by Gasteiger charge is -2.18. The fourth-order valence-corrected chi connectivity index (χ4v) is 8.07. The van der Waals surface area contributed by atoms with Crippen LogP contribution >= 0.6 is 0 Å². The van der Waals surface area contributed by atoms with Gasteiger partial charge in [-0.3, -0.25) is 14.4 Å². The van der Waals surface area contributed by atoms with Crippen LogP contribution in [0.1, 0.15) is 284 Å². The Morgan fingerprint density at radius 1 is 0.309 bits per heavy atom. The van der Waals surface area contributed by atoms with Gasteiger partial charge in [-0.05, 0) is 109 Å². The fourth-order valence-electron chi connectivity index (χ4n) is 8.07. The molecular weight excluding hydrogens is 841 g/mol. The van der Waals surface area contributed by atoms with Crippen molar-refractivity contribution in [2.75, 3.05) is 13.2 Å². The first-order valence-corrected chi connectivity index (χ1v) is 28.9. The van der Waals surface area contributed by atoms with Gasteiger partial charge in [0.25, 0.3) is 0 Å². The summed E-state index contributed by atoms with van der Waals surface area (Å²) in [6.45, 7) is 6.50. The van der Waals surface area contributed by atoms with E-state index in [0.29, 0.717) is 19.3 Å². The van der Waals surface area contributed by atoms with Crippen molar-refractivity contribution in [2.45, 2.75) is 290 Å². The molecule has 0 N–H and O–H groups in total. The van der Waals surface area contributed by atoms with E-state index in [4.69, 9.17) is 14.2 Å². The number of carbonyl (C=O) groups excluding carboxylic acids is 3. The van der Waals surface area contributed by atoms with Crippen LogP contribution in [-0.2, 0) is 28.6 Å². The van der Waals surface area contributed by atoms with Crippen LogP contribution in [-0.4, -0.2) is 37.2 Å². The van der Waals surface area contributed by atoms with Gasteiger partial charge in [0.1, 0.15) is 13.2 Å². The van der Waals surface area contributed by atoms with Gasteiger partial charge in [-0.25, -0.2) is 0 Å². The Labute approximate surface area is 421 Å². The zero-order valence-electron chi connectivity index (χ0n) is 44.9. The Bertz CT molecular complexity index is 1270. The molecule has 0 saturated carbocycles. The van der Waals surface area contributed by atoms with Crippen molar-refractivity contribution in [3.05, 3.63) is 72.9 Å². The summed E-state index contributed by atoms with van der Waals surface area (Å²) in [7, 11) is 0. The molecule has 6 nitrogen and oxygen atoms in total. The molecule has 0 bridgehead atoms. The molecule has 0 spiro atoms. The summed E-state index contributed by atoms with van der Waals surface area (Å²) in [4.78, 5) is 38.2. The fraction of sp³-hybridized carbons (Fsp3) is 0.758. The van der Waals surface area contributed by atoms with E-state index >= 15 is 0 Å². The number of hydrogen-bond acceptors (Lipinski definition) is 6. The van der Waals surface area contributed by atoms with Crippen molar-refractivity contribution in [1.82, 2.24) is 0 Å². The zero-order valence-corrected chi connectivity index (χ0v) is 44.9. The standard InChI is InChI=1S/C62H108O6/c1-4-7-10-13-16-19-22-25-28-30-32-34-37-40-43-46-49-52-55-61(64)67-58-59(57-66-60(63)54-51-48-45-42-39-36-33-27-24-21-18-15-12-9-6-3)68-62(65)56-53-50-47-44-41-38-35-31-29-26-23-20-17-14-11-8-5-2/h9,12,18-19,21-22,26-30,33,59H,4-8,10-11,13-17,20,23-25,31-32,34-58H2,1-3H3/b12-9-,21-18-,22-19-,29-26-,30-28-,33-27-. The third-order valence-corrected chi connectivity index (χ3v) is 12.4. The van der Waals surface area contributed by atoms with Crippen molar-refractivity contribution in [3.63, 3.8) is 0 Å². The predicted molar refractivity (Wildman–Crippen MR) is 293 cm³/mol. The number of ether oxygens (including phenoxy) is 3. The SMILES string of the molecule is CC/C=C\C/C=C\C/C=C\CCCCCCCC(=O)OCC(COC(=O)CCCCCCCCC/C=C\C/C=C\CCCCCC)OC(=O)CCCCCCCCC/C=C\CCCCCCCC. The molecule has 0 aliphatic carbocycles. The monoisotopic (exact) mass is 949 g/mol. The molecule has 0 amide bonds. The highest BCUT2D eigenvalue weighted by Gasteiger charge is 2.19. The van der Waals surface area contributed by atoms with Crippen molar-refractivity contribution in [3.8, 4) is 0 Å². The Morgan fingerprint density at radius 2 is 0.574 bits per heavy atom. The van der Waals surface area contributed by atoms with E-state index in [9.17, 15) is 14.4 Å². The van der Waals surface area contributed by atoms with Crippen LogP contribution in [0.3, 0.4) is 0 Å². The molecule has 1 unspecified atom stereocenters. The maximum absolute atomic E-state index is 12.9. The van der Waals surface area contributed by atoms with Crippen molar-refractivity contribution in [2.24, 2.45) is 0 Å². The molecule has 0 rings (SSSR count). The second-order valence-corrected chi connectivity index (χ2v) is 19.2. The molecule has 1 atom stereocenters. The van der Waals surface area contributed by atoms with Crippen LogP contribution < -0.4 is 0 Å². The zero-order chi connectivity index (χ0) is 49.3. The van der Waals surface area contributed by atoms with Crippen LogP contribution in [0.25, 0.3) is 0 Å². The quantitative estimate of drug-likeness (QED) is 0.0262. The molecule has 0 aromatic carbocycles. The topological polar surface area (TPSA) is 78.9 Å². The molecule has 0 aromatic heterocycles. The number of carbonyl (C=O) groups is 3. The number of unbranched alkanes of at least 4 members (excludes halogenated alkanes) is 29. The highest BCUT2D eigenvalue weighted by molar-refractivity contribution is 5.71. The van der Waals surface area contributed by atoms with Gasteiger partial charge in [-0.15, -0.1) is 0 Å². The summed E-state index contributed by atoms with van der Waals surface area (Å²) in [5.41, 5.74) is 0. The van der Waals surface area contributed by atoms with Crippen molar-refractivity contribution >= 4 is 17.9 Å². The Kier molecular flexibility index (Phi) is 53.8. The third-order valence-electron chi connectivity index (χ3n) is 12.4. The van der Waals surface area contributed by atoms with Gasteiger partial charge in [0, 0.05) is 19.3 Å². The molecule has 0 aromatic rings. The van der Waals surface area contributed by atoms with E-state index < -0.39 is 6.10 Å². The molecule has 392 valence electrons. The molecule has 0 heterocycles. The van der Waals surface area contributed by atoms with Crippen LogP contribution in [0.5, 0.6) is 0 Å². The Balaban J connectivity index is 4.41. The second kappa shape index (κ2) is 56.4. The van der Waals surface area contributed by atoms with E-state index in [-0.39, 0.29) is 31.1 Å². The van der Waals surface area contributed by atoms with Crippen molar-refractivity contribution in [1.29, 1.82) is 0 Å². The first-order valence-electron chi connectivity index (χ1n) is 28.9. The molecule has 0 aliphatic rings. The summed E-state index contributed by atoms with van der Waals surface area (Å²) >= 11 is 0. The summed E-state index contributed by atoms with van der Waals surface area (Å²) in [5.74, 6) is -0.907. The molecule has 0 fully saturated rings. The second-order valence-electron chi connectivity index (χ2n) is 19.2. The maximum atomic E-state index is 12.9. The van der Waals surface area contributed by atoms with Crippen LogP contribution in [0.4, 0.5) is 0 Å². The molecule has 0 aliphatic heterocycles. The van der Waals surface area contributed by atoms with Crippen molar-refractivity contribution < 1.29 is 28.6 Å². The molecule has 6 heteroatoms. The lowest BCUT2D eigenvalue weighted by molar-refractivity contribution is -0.167. The average Bonchev–Trinajstić information content (AvgIpc) is 3.34. The number of rotatable bonds is 52. The minimum Gasteiger partial charge on any atom is -0.462 e. The van der Waals surface area contributed by atoms with E-state index in [0.717, 1.165) is 109 Å². The van der Waals surface area contributed by atoms with Gasteiger partial charge in [0.2, 0.25) is 0 Å². The van der Waals surface area contributed by atoms with Gasteiger partial charge >= 0.3 is 17.9 Å². The van der Waals surface area contributed by atoms with Crippen LogP contribution in [0.2, 0.25) is 0 Å².